The van der Waals surface area contributed by atoms with E-state index in [0.717, 1.165) is 4.90 Å². The highest BCUT2D eigenvalue weighted by Crippen LogP contribution is 2.50. The van der Waals surface area contributed by atoms with Gasteiger partial charge in [-0.3, -0.25) is 14.4 Å². The number of carbonyl (C=O) groups excluding carboxylic acids is 1. The normalized spacial score (nSPS) is 26.8. The Morgan fingerprint density at radius 2 is 1.71 bits per heavy atom. The van der Waals surface area contributed by atoms with E-state index in [1.54, 1.807) is 13.8 Å². The average Bonchev–Trinajstić information content (AvgIpc) is 2.35. The van der Waals surface area contributed by atoms with Crippen LogP contribution in [0.3, 0.4) is 0 Å². The molecule has 8 heteroatoms. The molecular formula is C13H22N2O6. The number of carboxylic acid groups (broad SMARTS) is 2. The molecule has 1 aliphatic carbocycles. The number of carbonyl (C=O) groups is 3. The van der Waals surface area contributed by atoms with Gasteiger partial charge >= 0.3 is 11.9 Å². The quantitative estimate of drug-likeness (QED) is 0.578. The lowest BCUT2D eigenvalue weighted by Crippen LogP contribution is -2.76. The van der Waals surface area contributed by atoms with Crippen LogP contribution in [0, 0.1) is 5.41 Å². The molecule has 0 aromatic carbocycles. The summed E-state index contributed by atoms with van der Waals surface area (Å²) in [5.41, 5.74) is 4.12. The lowest BCUT2D eigenvalue weighted by atomic mass is 9.54. The number of ether oxygens (including phenoxy) is 1. The third-order valence-electron chi connectivity index (χ3n) is 4.15. The predicted molar refractivity (Wildman–Crippen MR) is 72.6 cm³/mol. The van der Waals surface area contributed by atoms with Gasteiger partial charge in [0.2, 0.25) is 5.91 Å². The summed E-state index contributed by atoms with van der Waals surface area (Å²) in [6.45, 7) is 4.43. The van der Waals surface area contributed by atoms with Crippen molar-refractivity contribution in [1.82, 2.24) is 4.90 Å². The van der Waals surface area contributed by atoms with E-state index in [1.807, 2.05) is 6.92 Å². The van der Waals surface area contributed by atoms with Gasteiger partial charge in [0.25, 0.3) is 0 Å². The standard InChI is InChI=1S/C13H22N2O6/c1-4-21-8-5-13(14,12(8,2)3)11(20)15(6-9(16)17)7-10(18)19/h8H,4-7,14H2,1-3H3,(H,16,17)(H,18,19). The molecule has 0 saturated heterocycles. The van der Waals surface area contributed by atoms with Gasteiger partial charge in [0.05, 0.1) is 6.10 Å². The maximum absolute atomic E-state index is 12.5. The Kier molecular flexibility index (Phi) is 4.95. The molecule has 2 unspecified atom stereocenters. The van der Waals surface area contributed by atoms with Crippen molar-refractivity contribution < 1.29 is 29.3 Å². The minimum Gasteiger partial charge on any atom is -0.480 e. The maximum Gasteiger partial charge on any atom is 0.323 e. The molecule has 4 N–H and O–H groups in total. The second-order valence-corrected chi connectivity index (χ2v) is 5.79. The highest BCUT2D eigenvalue weighted by Gasteiger charge is 2.63. The van der Waals surface area contributed by atoms with Crippen molar-refractivity contribution >= 4 is 17.8 Å². The van der Waals surface area contributed by atoms with Crippen LogP contribution in [0.2, 0.25) is 0 Å². The zero-order valence-electron chi connectivity index (χ0n) is 12.5. The van der Waals surface area contributed by atoms with Crippen LogP contribution in [0.25, 0.3) is 0 Å². The second-order valence-electron chi connectivity index (χ2n) is 5.79. The number of nitrogens with zero attached hydrogens (tertiary/aromatic N) is 1. The van der Waals surface area contributed by atoms with Crippen LogP contribution in [0.5, 0.6) is 0 Å². The van der Waals surface area contributed by atoms with Crippen molar-refractivity contribution in [2.75, 3.05) is 19.7 Å². The van der Waals surface area contributed by atoms with Crippen LogP contribution < -0.4 is 5.73 Å². The molecular weight excluding hydrogens is 280 g/mol. The summed E-state index contributed by atoms with van der Waals surface area (Å²) in [6.07, 6.45) is 0.0236. The fourth-order valence-electron chi connectivity index (χ4n) is 2.61. The molecule has 120 valence electrons. The molecule has 0 aromatic heterocycles. The zero-order chi connectivity index (χ0) is 16.4. The first-order valence-electron chi connectivity index (χ1n) is 6.69. The second kappa shape index (κ2) is 5.98. The molecule has 0 bridgehead atoms. The molecule has 1 aliphatic rings. The van der Waals surface area contributed by atoms with E-state index >= 15 is 0 Å². The Labute approximate surface area is 122 Å². The fraction of sp³-hybridized carbons (Fsp3) is 0.769. The third-order valence-corrected chi connectivity index (χ3v) is 4.15. The van der Waals surface area contributed by atoms with Crippen molar-refractivity contribution in [1.29, 1.82) is 0 Å². The van der Waals surface area contributed by atoms with Crippen LogP contribution in [0.4, 0.5) is 0 Å². The van der Waals surface area contributed by atoms with Gasteiger partial charge in [-0.15, -0.1) is 0 Å². The molecule has 0 radical (unpaired) electrons. The van der Waals surface area contributed by atoms with Crippen molar-refractivity contribution in [2.24, 2.45) is 11.1 Å². The molecule has 1 fully saturated rings. The van der Waals surface area contributed by atoms with Crippen LogP contribution in [-0.4, -0.2) is 64.3 Å². The Morgan fingerprint density at radius 3 is 2.05 bits per heavy atom. The lowest BCUT2D eigenvalue weighted by Gasteiger charge is -2.58. The monoisotopic (exact) mass is 302 g/mol. The zero-order valence-corrected chi connectivity index (χ0v) is 12.5. The van der Waals surface area contributed by atoms with E-state index in [9.17, 15) is 14.4 Å². The highest BCUT2D eigenvalue weighted by molar-refractivity contribution is 5.93. The molecule has 0 aliphatic heterocycles. The average molecular weight is 302 g/mol. The summed E-state index contributed by atoms with van der Waals surface area (Å²) in [6, 6.07) is 0. The summed E-state index contributed by atoms with van der Waals surface area (Å²) >= 11 is 0. The number of hydrogen-bond acceptors (Lipinski definition) is 5. The van der Waals surface area contributed by atoms with E-state index in [0.29, 0.717) is 6.61 Å². The topological polar surface area (TPSA) is 130 Å². The largest absolute Gasteiger partial charge is 0.480 e. The molecule has 1 rings (SSSR count). The lowest BCUT2D eigenvalue weighted by molar-refractivity contribution is -0.181. The van der Waals surface area contributed by atoms with E-state index in [4.69, 9.17) is 20.7 Å². The number of rotatable bonds is 7. The fourth-order valence-corrected chi connectivity index (χ4v) is 2.61. The maximum atomic E-state index is 12.5. The summed E-state index contributed by atoms with van der Waals surface area (Å²) < 4.78 is 5.50. The number of aliphatic carboxylic acids is 2. The molecule has 21 heavy (non-hydrogen) atoms. The van der Waals surface area contributed by atoms with Crippen molar-refractivity contribution in [2.45, 2.75) is 38.8 Å². The Bertz CT molecular complexity index is 434. The number of carboxylic acids is 2. The van der Waals surface area contributed by atoms with Gasteiger partial charge in [-0.2, -0.15) is 0 Å². The van der Waals surface area contributed by atoms with Crippen molar-refractivity contribution in [3.63, 3.8) is 0 Å². The molecule has 0 aromatic rings. The summed E-state index contributed by atoms with van der Waals surface area (Å²) in [5.74, 6) is -3.24. The molecule has 1 amide bonds. The van der Waals surface area contributed by atoms with Gasteiger partial charge in [-0.25, -0.2) is 0 Å². The number of nitrogens with two attached hydrogens (primary N) is 1. The van der Waals surface area contributed by atoms with Crippen LogP contribution in [-0.2, 0) is 19.1 Å². The number of hydrogen-bond donors (Lipinski definition) is 3. The highest BCUT2D eigenvalue weighted by atomic mass is 16.5. The van der Waals surface area contributed by atoms with Gasteiger partial charge < -0.3 is 25.6 Å². The Hall–Kier alpha value is -1.67. The molecule has 2 atom stereocenters. The van der Waals surface area contributed by atoms with E-state index in [2.05, 4.69) is 0 Å². The minimum absolute atomic E-state index is 0.215. The van der Waals surface area contributed by atoms with Crippen LogP contribution >= 0.6 is 0 Å². The molecule has 1 saturated carbocycles. The SMILES string of the molecule is CCOC1CC(N)(C(=O)N(CC(=O)O)CC(=O)O)C1(C)C. The van der Waals surface area contributed by atoms with E-state index < -0.39 is 41.9 Å². The van der Waals surface area contributed by atoms with Gasteiger partial charge in [0.1, 0.15) is 18.6 Å². The van der Waals surface area contributed by atoms with Gasteiger partial charge in [0, 0.05) is 18.4 Å². The molecule has 8 nitrogen and oxygen atoms in total. The first kappa shape index (κ1) is 17.4. The Balaban J connectivity index is 2.93. The first-order chi connectivity index (χ1) is 9.56. The van der Waals surface area contributed by atoms with Crippen LogP contribution in [0.1, 0.15) is 27.2 Å². The third kappa shape index (κ3) is 3.16. The van der Waals surface area contributed by atoms with E-state index in [1.165, 1.54) is 0 Å². The van der Waals surface area contributed by atoms with E-state index in [-0.39, 0.29) is 12.5 Å². The molecule has 0 heterocycles. The van der Waals surface area contributed by atoms with Crippen LogP contribution in [0.15, 0.2) is 0 Å². The van der Waals surface area contributed by atoms with Gasteiger partial charge in [-0.1, -0.05) is 13.8 Å². The molecule has 0 spiro atoms. The summed E-state index contributed by atoms with van der Waals surface area (Å²) in [4.78, 5) is 34.9. The van der Waals surface area contributed by atoms with Gasteiger partial charge in [-0.05, 0) is 6.92 Å². The smallest absolute Gasteiger partial charge is 0.323 e. The minimum atomic E-state index is -1.32. The van der Waals surface area contributed by atoms with Crippen molar-refractivity contribution in [3.05, 3.63) is 0 Å². The first-order valence-corrected chi connectivity index (χ1v) is 6.69. The van der Waals surface area contributed by atoms with Crippen molar-refractivity contribution in [3.8, 4) is 0 Å². The predicted octanol–water partition coefficient (Wildman–Crippen LogP) is -0.483. The summed E-state index contributed by atoms with van der Waals surface area (Å²) in [7, 11) is 0. The Morgan fingerprint density at radius 1 is 1.24 bits per heavy atom. The van der Waals surface area contributed by atoms with Gasteiger partial charge in [0.15, 0.2) is 0 Å². The number of amides is 1. The summed E-state index contributed by atoms with van der Waals surface area (Å²) in [5, 5.41) is 17.6.